The lowest BCUT2D eigenvalue weighted by molar-refractivity contribution is -0.113. The van der Waals surface area contributed by atoms with Gasteiger partial charge in [-0.25, -0.2) is 9.37 Å². The first-order chi connectivity index (χ1) is 17.1. The van der Waals surface area contributed by atoms with Gasteiger partial charge >= 0.3 is 0 Å². The largest absolute Gasteiger partial charge is 0.459 e. The van der Waals surface area contributed by atoms with Gasteiger partial charge in [-0.2, -0.15) is 0 Å². The first-order valence-corrected chi connectivity index (χ1v) is 12.2. The topological polar surface area (TPSA) is 115 Å². The van der Waals surface area contributed by atoms with Crippen LogP contribution in [0.4, 0.5) is 9.52 Å². The van der Waals surface area contributed by atoms with Crippen molar-refractivity contribution in [1.29, 1.82) is 0 Å². The van der Waals surface area contributed by atoms with E-state index in [0.29, 0.717) is 21.8 Å². The van der Waals surface area contributed by atoms with E-state index in [1.165, 1.54) is 29.7 Å². The molecule has 0 unspecified atom stereocenters. The van der Waals surface area contributed by atoms with Crippen molar-refractivity contribution < 1.29 is 18.4 Å². The molecule has 0 spiro atoms. The van der Waals surface area contributed by atoms with Crippen molar-refractivity contribution in [1.82, 2.24) is 25.1 Å². The number of hydrogen-bond donors (Lipinski definition) is 2. The molecule has 0 aliphatic heterocycles. The van der Waals surface area contributed by atoms with Crippen LogP contribution in [0, 0.1) is 5.82 Å². The summed E-state index contributed by atoms with van der Waals surface area (Å²) in [5, 5.41) is 14.8. The van der Waals surface area contributed by atoms with Crippen LogP contribution in [0.3, 0.4) is 0 Å². The number of thioether (sulfide) groups is 1. The van der Waals surface area contributed by atoms with Gasteiger partial charge in [0.25, 0.3) is 5.91 Å². The van der Waals surface area contributed by atoms with Gasteiger partial charge in [0, 0.05) is 5.69 Å². The summed E-state index contributed by atoms with van der Waals surface area (Å²) in [5.74, 6) is -0.430. The molecular weight excluding hydrogens is 491 g/mol. The second kappa shape index (κ2) is 10.1. The van der Waals surface area contributed by atoms with Crippen LogP contribution < -0.4 is 10.6 Å². The van der Waals surface area contributed by atoms with E-state index in [1.807, 2.05) is 24.3 Å². The number of hydrogen-bond acceptors (Lipinski definition) is 8. The van der Waals surface area contributed by atoms with Gasteiger partial charge in [-0.3, -0.25) is 14.2 Å². The monoisotopic (exact) mass is 508 g/mol. The Hall–Kier alpha value is -4.03. The van der Waals surface area contributed by atoms with Crippen LogP contribution in [0.15, 0.2) is 76.5 Å². The molecule has 9 nitrogen and oxygen atoms in total. The summed E-state index contributed by atoms with van der Waals surface area (Å²) in [6, 6.07) is 16.6. The first-order valence-electron chi connectivity index (χ1n) is 10.4. The third-order valence-corrected chi connectivity index (χ3v) is 6.69. The SMILES string of the molecule is O=C(CSc1nnc(CNC(=O)c2ccco2)n1-c1ccc(F)cc1)Nc1nc2ccccc2s1. The number of aromatic nitrogens is 4. The van der Waals surface area contributed by atoms with E-state index in [-0.39, 0.29) is 29.8 Å². The number of rotatable bonds is 8. The minimum atomic E-state index is -0.409. The highest BCUT2D eigenvalue weighted by Gasteiger charge is 2.18. The molecule has 2 amide bonds. The van der Waals surface area contributed by atoms with Crippen molar-refractivity contribution in [3.63, 3.8) is 0 Å². The van der Waals surface area contributed by atoms with E-state index in [9.17, 15) is 14.0 Å². The zero-order valence-corrected chi connectivity index (χ0v) is 19.6. The first kappa shape index (κ1) is 22.7. The number of anilines is 1. The molecule has 3 heterocycles. The molecule has 0 aliphatic carbocycles. The molecule has 0 aliphatic rings. The molecule has 5 aromatic rings. The number of nitrogens with one attached hydrogen (secondary N) is 2. The molecule has 2 aromatic carbocycles. The summed E-state index contributed by atoms with van der Waals surface area (Å²) in [6.07, 6.45) is 1.41. The van der Waals surface area contributed by atoms with Crippen LogP contribution in [0.5, 0.6) is 0 Å². The zero-order chi connectivity index (χ0) is 24.2. The third-order valence-electron chi connectivity index (χ3n) is 4.81. The summed E-state index contributed by atoms with van der Waals surface area (Å²) in [4.78, 5) is 29.2. The maximum atomic E-state index is 13.5. The number of nitrogens with zero attached hydrogens (tertiary/aromatic N) is 4. The average Bonchev–Trinajstić information content (AvgIpc) is 3.61. The quantitative estimate of drug-likeness (QED) is 0.301. The summed E-state index contributed by atoms with van der Waals surface area (Å²) in [5.41, 5.74) is 1.41. The van der Waals surface area contributed by atoms with Gasteiger partial charge in [0.05, 0.1) is 28.8 Å². The maximum Gasteiger partial charge on any atom is 0.287 e. The van der Waals surface area contributed by atoms with Gasteiger partial charge in [0.15, 0.2) is 21.9 Å². The zero-order valence-electron chi connectivity index (χ0n) is 18.0. The van der Waals surface area contributed by atoms with Gasteiger partial charge in [0.1, 0.15) is 5.82 Å². The minimum Gasteiger partial charge on any atom is -0.459 e. The van der Waals surface area contributed by atoms with Crippen molar-refractivity contribution in [2.45, 2.75) is 11.7 Å². The Bertz CT molecular complexity index is 1450. The lowest BCUT2D eigenvalue weighted by Crippen LogP contribution is -2.24. The number of amides is 2. The smallest absolute Gasteiger partial charge is 0.287 e. The molecule has 0 fully saturated rings. The lowest BCUT2D eigenvalue weighted by Gasteiger charge is -2.10. The van der Waals surface area contributed by atoms with E-state index in [4.69, 9.17) is 4.42 Å². The molecule has 0 saturated heterocycles. The van der Waals surface area contributed by atoms with E-state index in [1.54, 1.807) is 28.8 Å². The van der Waals surface area contributed by atoms with Crippen molar-refractivity contribution >= 4 is 50.3 Å². The molecule has 5 rings (SSSR count). The average molecular weight is 509 g/mol. The lowest BCUT2D eigenvalue weighted by atomic mass is 10.3. The third kappa shape index (κ3) is 5.23. The Kier molecular flexibility index (Phi) is 6.55. The summed E-state index contributed by atoms with van der Waals surface area (Å²) >= 11 is 2.55. The fraction of sp³-hybridized carbons (Fsp3) is 0.0870. The number of benzene rings is 2. The van der Waals surface area contributed by atoms with Gasteiger partial charge in [0.2, 0.25) is 5.91 Å². The van der Waals surface area contributed by atoms with Gasteiger partial charge in [-0.05, 0) is 48.5 Å². The van der Waals surface area contributed by atoms with Crippen molar-refractivity contribution in [3.05, 3.63) is 84.3 Å². The van der Waals surface area contributed by atoms with Gasteiger partial charge < -0.3 is 15.1 Å². The number of halogens is 1. The van der Waals surface area contributed by atoms with Crippen LogP contribution in [0.1, 0.15) is 16.4 Å². The Morgan fingerprint density at radius 3 is 2.66 bits per heavy atom. The normalized spacial score (nSPS) is 11.0. The van der Waals surface area contributed by atoms with Crippen molar-refractivity contribution in [3.8, 4) is 5.69 Å². The summed E-state index contributed by atoms with van der Waals surface area (Å²) < 4.78 is 21.3. The van der Waals surface area contributed by atoms with E-state index in [2.05, 4.69) is 25.8 Å². The minimum absolute atomic E-state index is 0.0440. The Morgan fingerprint density at radius 2 is 1.89 bits per heavy atom. The van der Waals surface area contributed by atoms with Crippen LogP contribution in [-0.4, -0.2) is 37.3 Å². The molecule has 0 radical (unpaired) electrons. The van der Waals surface area contributed by atoms with E-state index < -0.39 is 5.91 Å². The summed E-state index contributed by atoms with van der Waals surface area (Å²) in [6.45, 7) is 0.0440. The molecule has 0 atom stereocenters. The maximum absolute atomic E-state index is 13.5. The fourth-order valence-corrected chi connectivity index (χ4v) is 4.88. The summed E-state index contributed by atoms with van der Waals surface area (Å²) in [7, 11) is 0. The highest BCUT2D eigenvalue weighted by atomic mass is 32.2. The molecule has 0 bridgehead atoms. The van der Waals surface area contributed by atoms with Crippen LogP contribution in [0.2, 0.25) is 0 Å². The Balaban J connectivity index is 1.31. The highest BCUT2D eigenvalue weighted by molar-refractivity contribution is 7.99. The second-order valence-electron chi connectivity index (χ2n) is 7.19. The Labute approximate surface area is 206 Å². The number of para-hydroxylation sites is 1. The van der Waals surface area contributed by atoms with Crippen LogP contribution in [0.25, 0.3) is 15.9 Å². The van der Waals surface area contributed by atoms with Crippen molar-refractivity contribution in [2.75, 3.05) is 11.1 Å². The number of fused-ring (bicyclic) bond motifs is 1. The second-order valence-corrected chi connectivity index (χ2v) is 9.17. The van der Waals surface area contributed by atoms with Crippen LogP contribution >= 0.6 is 23.1 Å². The van der Waals surface area contributed by atoms with E-state index in [0.717, 1.165) is 22.0 Å². The van der Waals surface area contributed by atoms with Gasteiger partial charge in [-0.1, -0.05) is 35.2 Å². The standard InChI is InChI=1S/C23H17FN6O3S2/c24-14-7-9-15(10-8-14)30-19(12-25-21(32)17-5-3-11-33-17)28-29-23(30)34-13-20(31)27-22-26-16-4-1-2-6-18(16)35-22/h1-11H,12-13H2,(H,25,32)(H,26,27,31). The predicted molar refractivity (Wildman–Crippen MR) is 130 cm³/mol. The predicted octanol–water partition coefficient (Wildman–Crippen LogP) is 4.27. The molecular formula is C23H17FN6O3S2. The molecule has 0 saturated carbocycles. The number of furan rings is 1. The fourth-order valence-electron chi connectivity index (χ4n) is 3.22. The molecule has 3 aromatic heterocycles. The van der Waals surface area contributed by atoms with E-state index >= 15 is 0 Å². The number of carbonyl (C=O) groups excluding carboxylic acids is 2. The molecule has 176 valence electrons. The van der Waals surface area contributed by atoms with Crippen LogP contribution in [-0.2, 0) is 11.3 Å². The highest BCUT2D eigenvalue weighted by Crippen LogP contribution is 2.26. The molecule has 12 heteroatoms. The molecule has 35 heavy (non-hydrogen) atoms. The molecule has 2 N–H and O–H groups in total. The van der Waals surface area contributed by atoms with Crippen molar-refractivity contribution in [2.24, 2.45) is 0 Å². The number of carbonyl (C=O) groups is 2. The number of thiazole rings is 1. The van der Waals surface area contributed by atoms with Gasteiger partial charge in [-0.15, -0.1) is 10.2 Å². The Morgan fingerprint density at radius 1 is 1.06 bits per heavy atom.